The summed E-state index contributed by atoms with van der Waals surface area (Å²) >= 11 is 0. The molecule has 2 amide bonds. The number of amides is 2. The first-order chi connectivity index (χ1) is 13.4. The molecule has 2 rings (SSSR count). The summed E-state index contributed by atoms with van der Waals surface area (Å²) < 4.78 is 10.8. The third-order valence-corrected chi connectivity index (χ3v) is 5.32. The predicted octanol–water partition coefficient (Wildman–Crippen LogP) is 1.75. The maximum Gasteiger partial charge on any atom is 0.410 e. The molecule has 2 heterocycles. The van der Waals surface area contributed by atoms with Gasteiger partial charge in [-0.15, -0.1) is 0 Å². The minimum atomic E-state index is -0.894. The van der Waals surface area contributed by atoms with Gasteiger partial charge in [0, 0.05) is 26.2 Å². The van der Waals surface area contributed by atoms with Crippen molar-refractivity contribution in [1.29, 1.82) is 5.26 Å². The molecule has 0 radical (unpaired) electrons. The Morgan fingerprint density at radius 2 is 1.86 bits per heavy atom. The fourth-order valence-corrected chi connectivity index (χ4v) is 3.63. The summed E-state index contributed by atoms with van der Waals surface area (Å²) in [4.78, 5) is 29.3. The molecule has 1 N–H and O–H groups in total. The minimum absolute atomic E-state index is 0.178. The molecule has 0 aromatic carbocycles. The topological polar surface area (TPSA) is 94.9 Å². The third-order valence-electron chi connectivity index (χ3n) is 5.32. The zero-order chi connectivity index (χ0) is 20.6. The Labute approximate surface area is 168 Å². The van der Waals surface area contributed by atoms with Gasteiger partial charge in [0.05, 0.1) is 19.3 Å². The number of nitrogens with one attached hydrogen (secondary N) is 1. The molecule has 2 aliphatic rings. The second-order valence-corrected chi connectivity index (χ2v) is 8.13. The van der Waals surface area contributed by atoms with Gasteiger partial charge in [0.15, 0.2) is 6.10 Å². The highest BCUT2D eigenvalue weighted by atomic mass is 16.6. The van der Waals surface area contributed by atoms with Crippen LogP contribution >= 0.6 is 0 Å². The van der Waals surface area contributed by atoms with E-state index in [1.165, 1.54) is 0 Å². The summed E-state index contributed by atoms with van der Waals surface area (Å²) in [7, 11) is 0. The van der Waals surface area contributed by atoms with Crippen molar-refractivity contribution in [3.8, 4) is 6.07 Å². The fraction of sp³-hybridized carbons (Fsp3) is 0.850. The van der Waals surface area contributed by atoms with E-state index < -0.39 is 17.7 Å². The van der Waals surface area contributed by atoms with Crippen LogP contribution in [0.4, 0.5) is 4.79 Å². The van der Waals surface area contributed by atoms with Gasteiger partial charge in [0.1, 0.15) is 5.54 Å². The summed E-state index contributed by atoms with van der Waals surface area (Å²) in [5.41, 5.74) is -0.887. The Balaban J connectivity index is 1.99. The van der Waals surface area contributed by atoms with Gasteiger partial charge in [-0.2, -0.15) is 5.26 Å². The van der Waals surface area contributed by atoms with Crippen LogP contribution in [0.15, 0.2) is 0 Å². The van der Waals surface area contributed by atoms with E-state index in [-0.39, 0.29) is 11.8 Å². The van der Waals surface area contributed by atoms with Gasteiger partial charge < -0.3 is 24.6 Å². The Morgan fingerprint density at radius 3 is 2.39 bits per heavy atom. The number of piperidine rings is 1. The molecule has 0 spiro atoms. The van der Waals surface area contributed by atoms with Gasteiger partial charge in [-0.25, -0.2) is 4.79 Å². The van der Waals surface area contributed by atoms with Crippen molar-refractivity contribution in [1.82, 2.24) is 15.1 Å². The number of hydrogen-bond acceptors (Lipinski definition) is 6. The molecule has 8 heteroatoms. The first-order valence-electron chi connectivity index (χ1n) is 10.4. The van der Waals surface area contributed by atoms with E-state index >= 15 is 0 Å². The molecule has 0 aliphatic carbocycles. The van der Waals surface area contributed by atoms with E-state index in [4.69, 9.17) is 9.47 Å². The minimum Gasteiger partial charge on any atom is -0.436 e. The van der Waals surface area contributed by atoms with Crippen molar-refractivity contribution < 1.29 is 19.1 Å². The van der Waals surface area contributed by atoms with Crippen molar-refractivity contribution in [3.05, 3.63) is 0 Å². The van der Waals surface area contributed by atoms with Crippen molar-refractivity contribution >= 4 is 12.0 Å². The van der Waals surface area contributed by atoms with E-state index in [0.29, 0.717) is 45.6 Å². The van der Waals surface area contributed by atoms with E-state index in [2.05, 4.69) is 23.2 Å². The summed E-state index contributed by atoms with van der Waals surface area (Å²) in [5, 5.41) is 12.7. The van der Waals surface area contributed by atoms with Crippen LogP contribution in [0, 0.1) is 17.2 Å². The smallest absolute Gasteiger partial charge is 0.410 e. The third kappa shape index (κ3) is 6.35. The van der Waals surface area contributed by atoms with Crippen LogP contribution < -0.4 is 5.32 Å². The van der Waals surface area contributed by atoms with Crippen molar-refractivity contribution in [2.45, 2.75) is 58.1 Å². The number of morpholine rings is 1. The van der Waals surface area contributed by atoms with Crippen LogP contribution in [0.1, 0.15) is 46.5 Å². The zero-order valence-electron chi connectivity index (χ0n) is 17.4. The van der Waals surface area contributed by atoms with Crippen molar-refractivity contribution in [2.75, 3.05) is 45.9 Å². The highest BCUT2D eigenvalue weighted by Gasteiger charge is 2.39. The van der Waals surface area contributed by atoms with Crippen molar-refractivity contribution in [2.24, 2.45) is 5.92 Å². The second kappa shape index (κ2) is 10.6. The molecule has 28 heavy (non-hydrogen) atoms. The molecule has 0 aromatic rings. The van der Waals surface area contributed by atoms with Gasteiger partial charge in [-0.3, -0.25) is 4.79 Å². The SMILES string of the molecule is CCCN1CCC(C#N)(NC(=O)C(CC(C)C)OC(=O)N2CCOCC2)CC1. The van der Waals surface area contributed by atoms with Crippen LogP contribution in [-0.4, -0.2) is 79.4 Å². The lowest BCUT2D eigenvalue weighted by atomic mass is 9.88. The van der Waals surface area contributed by atoms with Gasteiger partial charge in [-0.1, -0.05) is 20.8 Å². The number of rotatable bonds is 7. The van der Waals surface area contributed by atoms with Crippen LogP contribution in [-0.2, 0) is 14.3 Å². The molecule has 2 saturated heterocycles. The molecule has 1 unspecified atom stereocenters. The summed E-state index contributed by atoms with van der Waals surface area (Å²) in [5.74, 6) is -0.196. The van der Waals surface area contributed by atoms with Crippen LogP contribution in [0.25, 0.3) is 0 Å². The average molecular weight is 395 g/mol. The maximum absolute atomic E-state index is 12.9. The molecule has 2 aliphatic heterocycles. The Morgan fingerprint density at radius 1 is 1.21 bits per heavy atom. The molecular weight excluding hydrogens is 360 g/mol. The molecule has 0 bridgehead atoms. The Kier molecular flexibility index (Phi) is 8.52. The number of ether oxygens (including phenoxy) is 2. The normalized spacial score (nSPS) is 21.0. The lowest BCUT2D eigenvalue weighted by Crippen LogP contribution is -2.57. The largest absolute Gasteiger partial charge is 0.436 e. The summed E-state index contributed by atoms with van der Waals surface area (Å²) in [6.45, 7) is 10.5. The summed E-state index contributed by atoms with van der Waals surface area (Å²) in [6.07, 6.45) is 1.27. The molecular formula is C20H34N4O4. The lowest BCUT2D eigenvalue weighted by molar-refractivity contribution is -0.133. The Hall–Kier alpha value is -1.85. The second-order valence-electron chi connectivity index (χ2n) is 8.13. The number of hydrogen-bond donors (Lipinski definition) is 1. The maximum atomic E-state index is 12.9. The fourth-order valence-electron chi connectivity index (χ4n) is 3.63. The number of nitriles is 1. The van der Waals surface area contributed by atoms with E-state index in [0.717, 1.165) is 26.1 Å². The van der Waals surface area contributed by atoms with Gasteiger partial charge in [0.25, 0.3) is 5.91 Å². The van der Waals surface area contributed by atoms with Crippen LogP contribution in [0.3, 0.4) is 0 Å². The number of likely N-dealkylation sites (tertiary alicyclic amines) is 1. The number of nitrogens with zero attached hydrogens (tertiary/aromatic N) is 3. The first-order valence-corrected chi connectivity index (χ1v) is 10.4. The predicted molar refractivity (Wildman–Crippen MR) is 105 cm³/mol. The van der Waals surface area contributed by atoms with Gasteiger partial charge in [0.2, 0.25) is 0 Å². The first kappa shape index (κ1) is 22.4. The lowest BCUT2D eigenvalue weighted by Gasteiger charge is -2.38. The van der Waals surface area contributed by atoms with Gasteiger partial charge >= 0.3 is 6.09 Å². The van der Waals surface area contributed by atoms with E-state index in [9.17, 15) is 14.9 Å². The highest BCUT2D eigenvalue weighted by molar-refractivity contribution is 5.84. The molecule has 0 saturated carbocycles. The average Bonchev–Trinajstić information content (AvgIpc) is 2.69. The van der Waals surface area contributed by atoms with Crippen LogP contribution in [0.2, 0.25) is 0 Å². The highest BCUT2D eigenvalue weighted by Crippen LogP contribution is 2.23. The molecule has 8 nitrogen and oxygen atoms in total. The zero-order valence-corrected chi connectivity index (χ0v) is 17.4. The van der Waals surface area contributed by atoms with E-state index in [1.54, 1.807) is 4.90 Å². The molecule has 158 valence electrons. The Bertz CT molecular complexity index is 561. The quantitative estimate of drug-likeness (QED) is 0.707. The van der Waals surface area contributed by atoms with Crippen molar-refractivity contribution in [3.63, 3.8) is 0 Å². The molecule has 2 fully saturated rings. The summed E-state index contributed by atoms with van der Waals surface area (Å²) in [6, 6.07) is 2.31. The van der Waals surface area contributed by atoms with Gasteiger partial charge in [-0.05, 0) is 38.1 Å². The standard InChI is InChI=1S/C20H34N4O4/c1-4-7-23-8-5-20(15-21,6-9-23)22-18(25)17(14-16(2)3)28-19(26)24-10-12-27-13-11-24/h16-17H,4-14H2,1-3H3,(H,22,25). The number of carbonyl (C=O) groups excluding carboxylic acids is 2. The van der Waals surface area contributed by atoms with Crippen LogP contribution in [0.5, 0.6) is 0 Å². The van der Waals surface area contributed by atoms with E-state index in [1.807, 2.05) is 13.8 Å². The number of carbonyl (C=O) groups is 2. The molecule has 0 aromatic heterocycles. The monoisotopic (exact) mass is 394 g/mol. The molecule has 1 atom stereocenters.